The van der Waals surface area contributed by atoms with Crippen LogP contribution < -0.4 is 10.1 Å². The second-order valence-electron chi connectivity index (χ2n) is 5.80. The summed E-state index contributed by atoms with van der Waals surface area (Å²) in [4.78, 5) is 12.2. The van der Waals surface area contributed by atoms with Gasteiger partial charge in [-0.25, -0.2) is 22.3 Å². The predicted molar refractivity (Wildman–Crippen MR) is 97.5 cm³/mol. The number of halogens is 1. The van der Waals surface area contributed by atoms with Gasteiger partial charge in [-0.3, -0.25) is 5.32 Å². The van der Waals surface area contributed by atoms with Gasteiger partial charge < -0.3 is 4.74 Å². The molecule has 1 N–H and O–H groups in total. The van der Waals surface area contributed by atoms with Gasteiger partial charge in [-0.2, -0.15) is 5.10 Å². The lowest BCUT2D eigenvalue weighted by molar-refractivity contribution is 0.215. The van der Waals surface area contributed by atoms with Crippen LogP contribution in [-0.4, -0.2) is 30.5 Å². The van der Waals surface area contributed by atoms with Gasteiger partial charge in [0.1, 0.15) is 5.82 Å². The van der Waals surface area contributed by atoms with E-state index in [1.54, 1.807) is 25.1 Å². The van der Waals surface area contributed by atoms with Crippen molar-refractivity contribution in [3.05, 3.63) is 66.2 Å². The average Bonchev–Trinajstić information content (AvgIpc) is 2.96. The Morgan fingerprint density at radius 1 is 1.19 bits per heavy atom. The largest absolute Gasteiger partial charge is 0.417 e. The number of carbonyl (C=O) groups excluding carboxylic acids is 1. The lowest BCUT2D eigenvalue weighted by Crippen LogP contribution is -2.17. The summed E-state index contributed by atoms with van der Waals surface area (Å²) in [7, 11) is -3.39. The molecule has 9 heteroatoms. The van der Waals surface area contributed by atoms with Crippen molar-refractivity contribution >= 4 is 21.6 Å². The molecular formula is C18H16FN3O4S. The minimum absolute atomic E-state index is 0.0839. The number of benzene rings is 2. The standard InChI is InChI=1S/C18H16FN3O4S/c1-12-17(11-20-22(12)15-8-6-13(19)7-9-15)26-18(23)21-14-4-3-5-16(10-14)27(2,24)25/h3-11H,1-2H3,(H,21,23). The first kappa shape index (κ1) is 18.6. The lowest BCUT2D eigenvalue weighted by atomic mass is 10.3. The Labute approximate surface area is 155 Å². The van der Waals surface area contributed by atoms with Crippen LogP contribution >= 0.6 is 0 Å². The van der Waals surface area contributed by atoms with Crippen LogP contribution in [0.1, 0.15) is 5.69 Å². The van der Waals surface area contributed by atoms with Crippen molar-refractivity contribution in [2.24, 2.45) is 0 Å². The van der Waals surface area contributed by atoms with Gasteiger partial charge >= 0.3 is 6.09 Å². The maximum Gasteiger partial charge on any atom is 0.417 e. The number of aromatic nitrogens is 2. The number of anilines is 1. The molecule has 0 saturated heterocycles. The number of carbonyl (C=O) groups is 1. The molecule has 27 heavy (non-hydrogen) atoms. The first-order valence-corrected chi connectivity index (χ1v) is 9.73. The van der Waals surface area contributed by atoms with E-state index in [4.69, 9.17) is 4.74 Å². The highest BCUT2D eigenvalue weighted by atomic mass is 32.2. The third-order valence-electron chi connectivity index (χ3n) is 3.75. The van der Waals surface area contributed by atoms with Gasteiger partial charge in [0.05, 0.1) is 22.5 Å². The lowest BCUT2D eigenvalue weighted by Gasteiger charge is -2.08. The van der Waals surface area contributed by atoms with E-state index in [2.05, 4.69) is 10.4 Å². The molecule has 0 aliphatic carbocycles. The molecule has 0 aliphatic heterocycles. The molecule has 0 bridgehead atoms. The molecule has 3 aromatic rings. The molecule has 7 nitrogen and oxygen atoms in total. The van der Waals surface area contributed by atoms with E-state index in [1.165, 1.54) is 41.2 Å². The highest BCUT2D eigenvalue weighted by Crippen LogP contribution is 2.22. The second kappa shape index (κ2) is 7.20. The van der Waals surface area contributed by atoms with Crippen LogP contribution in [0.2, 0.25) is 0 Å². The van der Waals surface area contributed by atoms with Gasteiger partial charge in [0.15, 0.2) is 15.6 Å². The van der Waals surface area contributed by atoms with Crippen LogP contribution in [0.4, 0.5) is 14.9 Å². The van der Waals surface area contributed by atoms with E-state index >= 15 is 0 Å². The molecule has 0 unspecified atom stereocenters. The molecule has 1 aromatic heterocycles. The molecule has 0 spiro atoms. The first-order chi connectivity index (χ1) is 12.7. The fourth-order valence-corrected chi connectivity index (χ4v) is 3.05. The van der Waals surface area contributed by atoms with Gasteiger partial charge in [0, 0.05) is 11.9 Å². The summed E-state index contributed by atoms with van der Waals surface area (Å²) in [6.07, 6.45) is 1.66. The van der Waals surface area contributed by atoms with E-state index in [1.807, 2.05) is 0 Å². The Balaban J connectivity index is 1.75. The molecule has 0 fully saturated rings. The monoisotopic (exact) mass is 389 g/mol. The van der Waals surface area contributed by atoms with Crippen molar-refractivity contribution in [3.8, 4) is 11.4 Å². The first-order valence-electron chi connectivity index (χ1n) is 7.83. The fourth-order valence-electron chi connectivity index (χ4n) is 2.39. The highest BCUT2D eigenvalue weighted by Gasteiger charge is 2.14. The number of nitrogens with zero attached hydrogens (tertiary/aromatic N) is 2. The molecule has 0 aliphatic rings. The SMILES string of the molecule is Cc1c(OC(=O)Nc2cccc(S(C)(=O)=O)c2)cnn1-c1ccc(F)cc1. The van der Waals surface area contributed by atoms with Crippen molar-refractivity contribution in [1.82, 2.24) is 9.78 Å². The summed E-state index contributed by atoms with van der Waals surface area (Å²) in [6.45, 7) is 1.70. The van der Waals surface area contributed by atoms with Crippen LogP contribution in [0.5, 0.6) is 5.75 Å². The summed E-state index contributed by atoms with van der Waals surface area (Å²) in [5.74, 6) is -0.146. The minimum atomic E-state index is -3.39. The number of amides is 1. The van der Waals surface area contributed by atoms with Crippen molar-refractivity contribution in [3.63, 3.8) is 0 Å². The molecule has 0 radical (unpaired) electrons. The number of ether oxygens (including phenoxy) is 1. The second-order valence-corrected chi connectivity index (χ2v) is 7.81. The summed E-state index contributed by atoms with van der Waals surface area (Å²) in [6, 6.07) is 11.5. The maximum absolute atomic E-state index is 13.0. The fraction of sp³-hybridized carbons (Fsp3) is 0.111. The van der Waals surface area contributed by atoms with Crippen LogP contribution in [0.3, 0.4) is 0 Å². The molecule has 2 aromatic carbocycles. The van der Waals surface area contributed by atoms with Crippen LogP contribution in [0, 0.1) is 12.7 Å². The summed E-state index contributed by atoms with van der Waals surface area (Å²) >= 11 is 0. The molecule has 140 valence electrons. The summed E-state index contributed by atoms with van der Waals surface area (Å²) in [5.41, 5.74) is 1.44. The van der Waals surface area contributed by atoms with E-state index in [-0.39, 0.29) is 22.1 Å². The molecule has 1 heterocycles. The van der Waals surface area contributed by atoms with Gasteiger partial charge in [-0.15, -0.1) is 0 Å². The number of sulfone groups is 1. The number of nitrogens with one attached hydrogen (secondary N) is 1. The van der Waals surface area contributed by atoms with Crippen molar-refractivity contribution in [1.29, 1.82) is 0 Å². The third-order valence-corrected chi connectivity index (χ3v) is 4.86. The van der Waals surface area contributed by atoms with Gasteiger partial charge in [-0.05, 0) is 49.4 Å². The molecule has 0 atom stereocenters. The zero-order valence-corrected chi connectivity index (χ0v) is 15.3. The van der Waals surface area contributed by atoms with E-state index in [9.17, 15) is 17.6 Å². The highest BCUT2D eigenvalue weighted by molar-refractivity contribution is 7.90. The topological polar surface area (TPSA) is 90.3 Å². The summed E-state index contributed by atoms with van der Waals surface area (Å²) < 4.78 is 43.0. The Kier molecular flexibility index (Phi) is 4.95. The summed E-state index contributed by atoms with van der Waals surface area (Å²) in [5, 5.41) is 6.61. The van der Waals surface area contributed by atoms with Gasteiger partial charge in [0.25, 0.3) is 0 Å². The van der Waals surface area contributed by atoms with E-state index < -0.39 is 15.9 Å². The number of hydrogen-bond donors (Lipinski definition) is 1. The quantitative estimate of drug-likeness (QED) is 0.739. The maximum atomic E-state index is 13.0. The van der Waals surface area contributed by atoms with Gasteiger partial charge in [0.2, 0.25) is 0 Å². The zero-order valence-electron chi connectivity index (χ0n) is 14.5. The average molecular weight is 389 g/mol. The number of hydrogen-bond acceptors (Lipinski definition) is 5. The van der Waals surface area contributed by atoms with E-state index in [0.29, 0.717) is 11.4 Å². The Morgan fingerprint density at radius 2 is 1.89 bits per heavy atom. The predicted octanol–water partition coefficient (Wildman–Crippen LogP) is 3.33. The molecule has 3 rings (SSSR count). The van der Waals surface area contributed by atoms with Crippen LogP contribution in [0.25, 0.3) is 5.69 Å². The normalized spacial score (nSPS) is 11.2. The Hall–Kier alpha value is -3.20. The van der Waals surface area contributed by atoms with E-state index in [0.717, 1.165) is 6.26 Å². The molecule has 1 amide bonds. The molecular weight excluding hydrogens is 373 g/mol. The van der Waals surface area contributed by atoms with Gasteiger partial charge in [-0.1, -0.05) is 6.07 Å². The number of rotatable bonds is 4. The van der Waals surface area contributed by atoms with Crippen molar-refractivity contribution < 1.29 is 22.3 Å². The Morgan fingerprint density at radius 3 is 2.56 bits per heavy atom. The Bertz CT molecular complexity index is 1090. The smallest absolute Gasteiger partial charge is 0.406 e. The zero-order chi connectivity index (χ0) is 19.6. The van der Waals surface area contributed by atoms with Crippen molar-refractivity contribution in [2.45, 2.75) is 11.8 Å². The van der Waals surface area contributed by atoms with Crippen LogP contribution in [-0.2, 0) is 9.84 Å². The van der Waals surface area contributed by atoms with Crippen LogP contribution in [0.15, 0.2) is 59.6 Å². The minimum Gasteiger partial charge on any atom is -0.406 e. The van der Waals surface area contributed by atoms with Crippen molar-refractivity contribution in [2.75, 3.05) is 11.6 Å². The molecule has 0 saturated carbocycles. The third kappa shape index (κ3) is 4.32.